The Hall–Kier alpha value is -2.43. The Morgan fingerprint density at radius 1 is 1.10 bits per heavy atom. The van der Waals surface area contributed by atoms with Crippen LogP contribution in [0.3, 0.4) is 0 Å². The lowest BCUT2D eigenvalue weighted by Gasteiger charge is -2.12. The van der Waals surface area contributed by atoms with Gasteiger partial charge in [0.2, 0.25) is 17.4 Å². The highest BCUT2D eigenvalue weighted by atomic mass is 16.4. The number of nitrogens with zero attached hydrogens (tertiary/aromatic N) is 1. The number of anilines is 1. The average Bonchev–Trinajstić information content (AvgIpc) is 2.81. The van der Waals surface area contributed by atoms with Gasteiger partial charge in [0.1, 0.15) is 5.69 Å². The molecule has 0 amide bonds. The molecule has 2 N–H and O–H groups in total. The number of hydrogen-bond acceptors (Lipinski definition) is 5. The summed E-state index contributed by atoms with van der Waals surface area (Å²) in [6.07, 6.45) is 0. The van der Waals surface area contributed by atoms with Gasteiger partial charge < -0.3 is 10.2 Å². The quantitative estimate of drug-likeness (QED) is 0.587. The molecule has 0 atom stereocenters. The van der Waals surface area contributed by atoms with Gasteiger partial charge in [-0.25, -0.2) is 4.98 Å². The van der Waals surface area contributed by atoms with E-state index in [0.29, 0.717) is 22.8 Å². The van der Waals surface area contributed by atoms with Gasteiger partial charge in [-0.1, -0.05) is 20.8 Å². The number of nitrogens with two attached hydrogens (primary N) is 1. The minimum absolute atomic E-state index is 0.0252. The molecule has 1 aromatic heterocycles. The van der Waals surface area contributed by atoms with Crippen LogP contribution in [0.2, 0.25) is 0 Å². The predicted octanol–water partition coefficient (Wildman–Crippen LogP) is 2.60. The number of ketones is 2. The number of nitrogen functional groups attached to an aromatic ring is 1. The summed E-state index contributed by atoms with van der Waals surface area (Å²) >= 11 is 0. The van der Waals surface area contributed by atoms with Crippen molar-refractivity contribution in [3.8, 4) is 11.3 Å². The lowest BCUT2D eigenvalue weighted by Crippen LogP contribution is -2.20. The molecule has 1 heterocycles. The van der Waals surface area contributed by atoms with E-state index in [-0.39, 0.29) is 16.7 Å². The van der Waals surface area contributed by atoms with Crippen molar-refractivity contribution < 1.29 is 14.0 Å². The summed E-state index contributed by atoms with van der Waals surface area (Å²) in [5.41, 5.74) is 7.08. The van der Waals surface area contributed by atoms with Crippen LogP contribution in [-0.4, -0.2) is 16.6 Å². The van der Waals surface area contributed by atoms with Gasteiger partial charge in [0.15, 0.2) is 0 Å². The van der Waals surface area contributed by atoms with Crippen LogP contribution >= 0.6 is 0 Å². The maximum Gasteiger partial charge on any atom is 0.271 e. The molecule has 20 heavy (non-hydrogen) atoms. The molecule has 0 saturated carbocycles. The van der Waals surface area contributed by atoms with Crippen LogP contribution < -0.4 is 5.73 Å². The summed E-state index contributed by atoms with van der Waals surface area (Å²) in [5, 5.41) is 0. The molecule has 1 aromatic carbocycles. The van der Waals surface area contributed by atoms with E-state index in [1.165, 1.54) is 6.07 Å². The predicted molar refractivity (Wildman–Crippen MR) is 73.7 cm³/mol. The first-order chi connectivity index (χ1) is 9.29. The Labute approximate surface area is 115 Å². The molecule has 0 saturated heterocycles. The number of carbonyl (C=O) groups is 2. The SMILES string of the molecule is CC(C)(C)c1nc2c(o1)C(=O)C(=O)c1cc(N)ccc1-2. The average molecular weight is 270 g/mol. The number of aromatic nitrogens is 1. The number of fused-ring (bicyclic) bond motifs is 3. The van der Waals surface area contributed by atoms with E-state index in [1.807, 2.05) is 20.8 Å². The summed E-state index contributed by atoms with van der Waals surface area (Å²) in [6.45, 7) is 5.79. The van der Waals surface area contributed by atoms with Crippen molar-refractivity contribution in [2.75, 3.05) is 5.73 Å². The van der Waals surface area contributed by atoms with Gasteiger partial charge in [0.05, 0.1) is 0 Å². The number of rotatable bonds is 0. The van der Waals surface area contributed by atoms with E-state index in [1.54, 1.807) is 12.1 Å². The summed E-state index contributed by atoms with van der Waals surface area (Å²) < 4.78 is 5.53. The van der Waals surface area contributed by atoms with Gasteiger partial charge in [-0.05, 0) is 18.2 Å². The maximum atomic E-state index is 12.1. The summed E-state index contributed by atoms with van der Waals surface area (Å²) in [7, 11) is 0. The van der Waals surface area contributed by atoms with Crippen molar-refractivity contribution in [1.29, 1.82) is 0 Å². The molecule has 0 bridgehead atoms. The highest BCUT2D eigenvalue weighted by molar-refractivity contribution is 6.52. The van der Waals surface area contributed by atoms with E-state index in [9.17, 15) is 9.59 Å². The third-order valence-corrected chi connectivity index (χ3v) is 3.22. The van der Waals surface area contributed by atoms with E-state index >= 15 is 0 Å². The monoisotopic (exact) mass is 270 g/mol. The Morgan fingerprint density at radius 3 is 2.45 bits per heavy atom. The van der Waals surface area contributed by atoms with Crippen molar-refractivity contribution >= 4 is 17.3 Å². The summed E-state index contributed by atoms with van der Waals surface area (Å²) in [6, 6.07) is 4.88. The third kappa shape index (κ3) is 1.66. The van der Waals surface area contributed by atoms with Crippen LogP contribution in [0.4, 0.5) is 5.69 Å². The maximum absolute atomic E-state index is 12.1. The summed E-state index contributed by atoms with van der Waals surface area (Å²) in [5.74, 6) is -0.803. The lowest BCUT2D eigenvalue weighted by molar-refractivity contribution is 0.0797. The third-order valence-electron chi connectivity index (χ3n) is 3.22. The lowest BCUT2D eigenvalue weighted by atomic mass is 9.90. The van der Waals surface area contributed by atoms with E-state index in [2.05, 4.69) is 4.98 Å². The molecule has 102 valence electrons. The van der Waals surface area contributed by atoms with Crippen LogP contribution in [-0.2, 0) is 5.41 Å². The Balaban J connectivity index is 2.30. The Morgan fingerprint density at radius 2 is 1.80 bits per heavy atom. The first-order valence-electron chi connectivity index (χ1n) is 6.29. The minimum Gasteiger partial charge on any atom is -0.436 e. The number of hydrogen-bond donors (Lipinski definition) is 1. The van der Waals surface area contributed by atoms with E-state index in [0.717, 1.165) is 0 Å². The number of carbonyl (C=O) groups excluding carboxylic acids is 2. The molecule has 1 aliphatic carbocycles. The fraction of sp³-hybridized carbons (Fsp3) is 0.267. The highest BCUT2D eigenvalue weighted by Gasteiger charge is 2.37. The molecule has 0 fully saturated rings. The highest BCUT2D eigenvalue weighted by Crippen LogP contribution is 2.36. The second kappa shape index (κ2) is 3.79. The van der Waals surface area contributed by atoms with Crippen LogP contribution in [0.5, 0.6) is 0 Å². The fourth-order valence-electron chi connectivity index (χ4n) is 2.16. The Kier molecular flexibility index (Phi) is 2.38. The van der Waals surface area contributed by atoms with Gasteiger partial charge in [-0.2, -0.15) is 0 Å². The second-order valence-corrected chi connectivity index (χ2v) is 5.91. The molecule has 0 aliphatic heterocycles. The van der Waals surface area contributed by atoms with Crippen molar-refractivity contribution in [2.24, 2.45) is 0 Å². The zero-order valence-electron chi connectivity index (χ0n) is 11.5. The smallest absolute Gasteiger partial charge is 0.271 e. The standard InChI is InChI=1S/C15H14N2O3/c1-15(2,3)14-17-10-8-5-4-7(16)6-9(8)11(18)12(19)13(10)20-14/h4-6H,16H2,1-3H3. The molecule has 5 heteroatoms. The van der Waals surface area contributed by atoms with Gasteiger partial charge in [-0.15, -0.1) is 0 Å². The van der Waals surface area contributed by atoms with E-state index in [4.69, 9.17) is 10.2 Å². The molecule has 5 nitrogen and oxygen atoms in total. The normalized spacial score (nSPS) is 14.2. The van der Waals surface area contributed by atoms with Crippen LogP contribution in [0.15, 0.2) is 22.6 Å². The van der Waals surface area contributed by atoms with Gasteiger partial charge in [-0.3, -0.25) is 9.59 Å². The number of benzene rings is 1. The zero-order chi connectivity index (χ0) is 14.7. The topological polar surface area (TPSA) is 86.2 Å². The number of oxazole rings is 1. The molecular weight excluding hydrogens is 256 g/mol. The van der Waals surface area contributed by atoms with Crippen LogP contribution in [0.1, 0.15) is 47.6 Å². The van der Waals surface area contributed by atoms with Crippen molar-refractivity contribution in [3.63, 3.8) is 0 Å². The van der Waals surface area contributed by atoms with Crippen LogP contribution in [0.25, 0.3) is 11.3 Å². The fourth-order valence-corrected chi connectivity index (χ4v) is 2.16. The van der Waals surface area contributed by atoms with Crippen molar-refractivity contribution in [3.05, 3.63) is 35.4 Å². The molecular formula is C15H14N2O3. The van der Waals surface area contributed by atoms with Crippen LogP contribution in [0, 0.1) is 0 Å². The molecule has 0 radical (unpaired) electrons. The molecule has 2 aromatic rings. The van der Waals surface area contributed by atoms with Crippen molar-refractivity contribution in [1.82, 2.24) is 4.98 Å². The second-order valence-electron chi connectivity index (χ2n) is 5.91. The molecule has 3 rings (SSSR count). The first-order valence-corrected chi connectivity index (χ1v) is 6.29. The first kappa shape index (κ1) is 12.6. The van der Waals surface area contributed by atoms with E-state index < -0.39 is 11.6 Å². The van der Waals surface area contributed by atoms with Gasteiger partial charge >= 0.3 is 0 Å². The Bertz CT molecular complexity index is 751. The zero-order valence-corrected chi connectivity index (χ0v) is 11.5. The molecule has 0 spiro atoms. The minimum atomic E-state index is -0.666. The molecule has 0 unspecified atom stereocenters. The number of Topliss-reactive ketones (excluding diaryl/α,β-unsaturated/α-hetero) is 2. The van der Waals surface area contributed by atoms with Gasteiger partial charge in [0, 0.05) is 22.2 Å². The largest absolute Gasteiger partial charge is 0.436 e. The molecule has 1 aliphatic rings. The van der Waals surface area contributed by atoms with Gasteiger partial charge in [0.25, 0.3) is 5.78 Å². The summed E-state index contributed by atoms with van der Waals surface area (Å²) in [4.78, 5) is 28.6. The van der Waals surface area contributed by atoms with Crippen molar-refractivity contribution in [2.45, 2.75) is 26.2 Å².